The number of nitrogens with zero attached hydrogens (tertiary/aromatic N) is 2. The number of piperidine rings is 1. The molecule has 3 aromatic rings. The molecule has 0 aliphatic carbocycles. The van der Waals surface area contributed by atoms with Crippen molar-refractivity contribution in [3.05, 3.63) is 75.6 Å². The van der Waals surface area contributed by atoms with Gasteiger partial charge in [0.1, 0.15) is 0 Å². The molecule has 7 nitrogen and oxygen atoms in total. The van der Waals surface area contributed by atoms with Crippen molar-refractivity contribution in [1.29, 1.82) is 0 Å². The number of aromatic nitrogens is 2. The van der Waals surface area contributed by atoms with Crippen LogP contribution in [-0.4, -0.2) is 27.5 Å². The number of aryl methyl sites for hydroxylation is 2. The highest BCUT2D eigenvalue weighted by Crippen LogP contribution is 2.36. The second-order valence-electron chi connectivity index (χ2n) is 9.11. The monoisotopic (exact) mass is 492 g/mol. The topological polar surface area (TPSA) is 93.1 Å². The number of nitrogens with one attached hydrogen (secondary N) is 2. The van der Waals surface area contributed by atoms with Crippen LogP contribution in [0.5, 0.6) is 0 Å². The lowest BCUT2D eigenvalue weighted by Gasteiger charge is -2.35. The first-order chi connectivity index (χ1) is 16.6. The van der Waals surface area contributed by atoms with Crippen molar-refractivity contribution in [2.75, 3.05) is 5.32 Å². The summed E-state index contributed by atoms with van der Waals surface area (Å²) in [5.41, 5.74) is 5.13. The van der Waals surface area contributed by atoms with Crippen LogP contribution in [0.15, 0.2) is 42.5 Å². The second kappa shape index (κ2) is 9.66. The predicted octanol–water partition coefficient (Wildman–Crippen LogP) is 4.72. The average Bonchev–Trinajstić information content (AvgIpc) is 3.10. The molecule has 1 atom stereocenters. The Morgan fingerprint density at radius 3 is 2.49 bits per heavy atom. The Hall–Kier alpha value is -3.45. The molecule has 1 aromatic heterocycles. The van der Waals surface area contributed by atoms with Crippen LogP contribution in [0, 0.1) is 20.8 Å². The first-order valence-electron chi connectivity index (χ1n) is 11.7. The number of anilines is 1. The molecule has 4 rings (SSSR count). The highest BCUT2D eigenvalue weighted by Gasteiger charge is 2.42. The Morgan fingerprint density at radius 1 is 1.14 bits per heavy atom. The standard InChI is InChI=1S/C27H29ClN4O3/c1-5-27(13-12-24(33)30-26(27)35)19-7-9-20(10-8-19)29-25(34)15-22-17(3)31-32(18(22)4)21-11-6-16(2)23(28)14-21/h6-11,14H,5,12-13,15H2,1-4H3,(H,29,34)(H,30,33,35). The van der Waals surface area contributed by atoms with Crippen LogP contribution < -0.4 is 10.6 Å². The van der Waals surface area contributed by atoms with Crippen molar-refractivity contribution in [2.24, 2.45) is 0 Å². The zero-order valence-corrected chi connectivity index (χ0v) is 21.1. The number of hydrogen-bond acceptors (Lipinski definition) is 4. The maximum atomic E-state index is 12.9. The minimum absolute atomic E-state index is 0.156. The molecule has 0 saturated carbocycles. The molecule has 8 heteroatoms. The molecule has 35 heavy (non-hydrogen) atoms. The third-order valence-corrected chi connectivity index (χ3v) is 7.38. The lowest BCUT2D eigenvalue weighted by Crippen LogP contribution is -2.51. The van der Waals surface area contributed by atoms with E-state index >= 15 is 0 Å². The number of rotatable bonds is 6. The summed E-state index contributed by atoms with van der Waals surface area (Å²) in [4.78, 5) is 37.1. The van der Waals surface area contributed by atoms with Gasteiger partial charge in [-0.1, -0.05) is 36.7 Å². The molecule has 2 aromatic carbocycles. The van der Waals surface area contributed by atoms with E-state index in [4.69, 9.17) is 11.6 Å². The molecule has 1 unspecified atom stereocenters. The minimum Gasteiger partial charge on any atom is -0.326 e. The van der Waals surface area contributed by atoms with E-state index in [1.807, 2.05) is 62.7 Å². The van der Waals surface area contributed by atoms with Gasteiger partial charge in [-0.05, 0) is 69.0 Å². The van der Waals surface area contributed by atoms with Crippen LogP contribution in [0.2, 0.25) is 5.02 Å². The molecule has 3 amide bonds. The van der Waals surface area contributed by atoms with Gasteiger partial charge in [-0.15, -0.1) is 0 Å². The van der Waals surface area contributed by atoms with E-state index < -0.39 is 5.41 Å². The highest BCUT2D eigenvalue weighted by atomic mass is 35.5. The van der Waals surface area contributed by atoms with Crippen LogP contribution in [0.25, 0.3) is 5.69 Å². The summed E-state index contributed by atoms with van der Waals surface area (Å²) in [5.74, 6) is -0.648. The number of halogens is 1. The normalized spacial score (nSPS) is 17.9. The maximum absolute atomic E-state index is 12.9. The SMILES string of the molecule is CCC1(c2ccc(NC(=O)Cc3c(C)nn(-c4ccc(C)c(Cl)c4)c3C)cc2)CCC(=O)NC1=O. The fourth-order valence-electron chi connectivity index (χ4n) is 4.70. The molecule has 1 fully saturated rings. The van der Waals surface area contributed by atoms with Crippen molar-refractivity contribution in [1.82, 2.24) is 15.1 Å². The molecule has 1 aliphatic rings. The molecular formula is C27H29ClN4O3. The average molecular weight is 493 g/mol. The Bertz CT molecular complexity index is 1310. The number of hydrogen-bond donors (Lipinski definition) is 2. The van der Waals surface area contributed by atoms with Crippen molar-refractivity contribution in [3.8, 4) is 5.69 Å². The summed E-state index contributed by atoms with van der Waals surface area (Å²) < 4.78 is 1.81. The Morgan fingerprint density at radius 2 is 1.86 bits per heavy atom. The number of imide groups is 1. The third-order valence-electron chi connectivity index (χ3n) is 6.97. The van der Waals surface area contributed by atoms with E-state index in [0.717, 1.165) is 33.8 Å². The highest BCUT2D eigenvalue weighted by molar-refractivity contribution is 6.31. The van der Waals surface area contributed by atoms with Gasteiger partial charge in [0.15, 0.2) is 0 Å². The van der Waals surface area contributed by atoms with Gasteiger partial charge < -0.3 is 5.32 Å². The van der Waals surface area contributed by atoms with E-state index in [-0.39, 0.29) is 24.1 Å². The van der Waals surface area contributed by atoms with Crippen molar-refractivity contribution < 1.29 is 14.4 Å². The third kappa shape index (κ3) is 4.73. The molecule has 1 saturated heterocycles. The molecule has 0 radical (unpaired) electrons. The quantitative estimate of drug-likeness (QED) is 0.487. The van der Waals surface area contributed by atoms with Crippen LogP contribution in [-0.2, 0) is 26.2 Å². The Balaban J connectivity index is 1.48. The van der Waals surface area contributed by atoms with Gasteiger partial charge in [0.2, 0.25) is 17.7 Å². The number of amides is 3. The fraction of sp³-hybridized carbons (Fsp3) is 0.333. The lowest BCUT2D eigenvalue weighted by molar-refractivity contribution is -0.138. The lowest BCUT2D eigenvalue weighted by atomic mass is 9.72. The summed E-state index contributed by atoms with van der Waals surface area (Å²) >= 11 is 6.29. The number of benzene rings is 2. The Labute approximate surface area is 209 Å². The second-order valence-corrected chi connectivity index (χ2v) is 9.52. The molecular weight excluding hydrogens is 464 g/mol. The number of carbonyl (C=O) groups excluding carboxylic acids is 3. The van der Waals surface area contributed by atoms with Crippen molar-refractivity contribution in [3.63, 3.8) is 0 Å². The van der Waals surface area contributed by atoms with Crippen LogP contribution in [0.1, 0.15) is 54.3 Å². The minimum atomic E-state index is -0.724. The van der Waals surface area contributed by atoms with E-state index in [9.17, 15) is 14.4 Å². The summed E-state index contributed by atoms with van der Waals surface area (Å²) in [5, 5.41) is 10.7. The zero-order chi connectivity index (χ0) is 25.3. The van der Waals surface area contributed by atoms with Crippen LogP contribution >= 0.6 is 11.6 Å². The first-order valence-corrected chi connectivity index (χ1v) is 12.1. The smallest absolute Gasteiger partial charge is 0.237 e. The zero-order valence-electron chi connectivity index (χ0n) is 20.4. The first kappa shape index (κ1) is 24.7. The van der Waals surface area contributed by atoms with Gasteiger partial charge in [0.25, 0.3) is 0 Å². The number of carbonyl (C=O) groups is 3. The summed E-state index contributed by atoms with van der Waals surface area (Å²) in [6.07, 6.45) is 1.57. The van der Waals surface area contributed by atoms with Gasteiger partial charge in [0, 0.05) is 28.4 Å². The van der Waals surface area contributed by atoms with E-state index in [1.54, 1.807) is 12.1 Å². The van der Waals surface area contributed by atoms with Crippen molar-refractivity contribution in [2.45, 2.75) is 58.8 Å². The van der Waals surface area contributed by atoms with Gasteiger partial charge in [-0.25, -0.2) is 4.68 Å². The molecule has 182 valence electrons. The van der Waals surface area contributed by atoms with E-state index in [2.05, 4.69) is 15.7 Å². The van der Waals surface area contributed by atoms with Gasteiger partial charge in [-0.3, -0.25) is 19.7 Å². The predicted molar refractivity (Wildman–Crippen MR) is 136 cm³/mol. The molecule has 2 heterocycles. The summed E-state index contributed by atoms with van der Waals surface area (Å²) in [7, 11) is 0. The van der Waals surface area contributed by atoms with Gasteiger partial charge in [0.05, 0.1) is 23.2 Å². The molecule has 0 bridgehead atoms. The fourth-order valence-corrected chi connectivity index (χ4v) is 4.87. The van der Waals surface area contributed by atoms with Gasteiger partial charge in [-0.2, -0.15) is 5.10 Å². The summed E-state index contributed by atoms with van der Waals surface area (Å²) in [6, 6.07) is 13.1. The van der Waals surface area contributed by atoms with Crippen molar-refractivity contribution >= 4 is 35.0 Å². The molecule has 0 spiro atoms. The largest absolute Gasteiger partial charge is 0.326 e. The molecule has 2 N–H and O–H groups in total. The molecule has 1 aliphatic heterocycles. The summed E-state index contributed by atoms with van der Waals surface area (Å²) in [6.45, 7) is 7.72. The Kier molecular flexibility index (Phi) is 6.81. The van der Waals surface area contributed by atoms with E-state index in [0.29, 0.717) is 30.0 Å². The van der Waals surface area contributed by atoms with Gasteiger partial charge >= 0.3 is 0 Å². The van der Waals surface area contributed by atoms with Crippen LogP contribution in [0.4, 0.5) is 5.69 Å². The van der Waals surface area contributed by atoms with E-state index in [1.165, 1.54) is 0 Å². The maximum Gasteiger partial charge on any atom is 0.237 e. The van der Waals surface area contributed by atoms with Crippen LogP contribution in [0.3, 0.4) is 0 Å².